The van der Waals surface area contributed by atoms with Crippen LogP contribution in [0.25, 0.3) is 11.6 Å². The van der Waals surface area contributed by atoms with Crippen molar-refractivity contribution in [2.45, 2.75) is 13.5 Å². The molecule has 1 N–H and O–H groups in total. The zero-order valence-corrected chi connectivity index (χ0v) is 18.3. The van der Waals surface area contributed by atoms with Crippen molar-refractivity contribution in [1.29, 1.82) is 0 Å². The Hall–Kier alpha value is -2.48. The molecule has 148 valence electrons. The normalized spacial score (nSPS) is 14.7. The van der Waals surface area contributed by atoms with E-state index >= 15 is 0 Å². The molecule has 0 spiro atoms. The average Bonchev–Trinajstić information content (AvgIpc) is 3.25. The molecule has 1 aromatic heterocycles. The number of halogens is 1. The van der Waals surface area contributed by atoms with E-state index < -0.39 is 0 Å². The molecule has 0 saturated carbocycles. The first-order chi connectivity index (χ1) is 14.2. The van der Waals surface area contributed by atoms with Crippen LogP contribution in [0.4, 0.5) is 11.4 Å². The van der Waals surface area contributed by atoms with Crippen LogP contribution in [0.2, 0.25) is 0 Å². The lowest BCUT2D eigenvalue weighted by Gasteiger charge is -2.05. The monoisotopic (exact) mass is 469 g/mol. The Morgan fingerprint density at radius 3 is 2.86 bits per heavy atom. The summed E-state index contributed by atoms with van der Waals surface area (Å²) in [5, 5.41) is 10.9. The molecule has 1 aliphatic rings. The van der Waals surface area contributed by atoms with Crippen molar-refractivity contribution in [3.8, 4) is 5.88 Å². The lowest BCUT2D eigenvalue weighted by Crippen LogP contribution is -2.17. The van der Waals surface area contributed by atoms with Crippen LogP contribution in [0.3, 0.4) is 0 Å². The number of allylic oxidation sites excluding steroid dienone is 1. The number of aromatic nitrogens is 1. The summed E-state index contributed by atoms with van der Waals surface area (Å²) in [4.78, 5) is 10.7. The molecule has 2 heterocycles. The van der Waals surface area contributed by atoms with Crippen molar-refractivity contribution in [2.24, 2.45) is 9.98 Å². The van der Waals surface area contributed by atoms with Crippen LogP contribution in [0.1, 0.15) is 17.4 Å². The first-order valence-electron chi connectivity index (χ1n) is 9.31. The maximum atomic E-state index is 10.9. The Morgan fingerprint density at radius 2 is 2.07 bits per heavy atom. The van der Waals surface area contributed by atoms with Gasteiger partial charge in [0.15, 0.2) is 4.80 Å². The molecule has 0 radical (unpaired) electrons. The van der Waals surface area contributed by atoms with Gasteiger partial charge in [-0.15, -0.1) is 0 Å². The summed E-state index contributed by atoms with van der Waals surface area (Å²) in [6.45, 7) is 3.63. The molecule has 5 nitrogen and oxygen atoms in total. The van der Waals surface area contributed by atoms with E-state index in [0.29, 0.717) is 19.8 Å². The van der Waals surface area contributed by atoms with E-state index in [4.69, 9.17) is 9.73 Å². The van der Waals surface area contributed by atoms with Crippen molar-refractivity contribution in [2.75, 3.05) is 13.2 Å². The molecule has 0 saturated heterocycles. The number of nitrogens with zero attached hydrogens (tertiary/aromatic N) is 3. The number of para-hydroxylation sites is 1. The van der Waals surface area contributed by atoms with Gasteiger partial charge in [0.05, 0.1) is 29.4 Å². The maximum absolute atomic E-state index is 10.9. The summed E-state index contributed by atoms with van der Waals surface area (Å²) in [5.74, 6) is 0.189. The minimum atomic E-state index is 0.189. The predicted octanol–water partition coefficient (Wildman–Crippen LogP) is 5.54. The number of aromatic hydroxyl groups is 1. The minimum Gasteiger partial charge on any atom is -0.493 e. The first-order valence-corrected chi connectivity index (χ1v) is 10.9. The number of fused-ring (bicyclic) bond motifs is 1. The zero-order valence-electron chi connectivity index (χ0n) is 15.9. The fraction of sp³-hybridized carbons (Fsp3) is 0.182. The number of benzene rings is 2. The number of rotatable bonds is 6. The van der Waals surface area contributed by atoms with Crippen molar-refractivity contribution in [3.05, 3.63) is 68.2 Å². The molecular weight excluding hydrogens is 450 g/mol. The molecule has 1 aliphatic heterocycles. The van der Waals surface area contributed by atoms with E-state index in [1.54, 1.807) is 4.57 Å². The van der Waals surface area contributed by atoms with Gasteiger partial charge in [0, 0.05) is 28.4 Å². The summed E-state index contributed by atoms with van der Waals surface area (Å²) in [6.07, 6.45) is 3.79. The summed E-state index contributed by atoms with van der Waals surface area (Å²) in [6, 6.07) is 15.7. The lowest BCUT2D eigenvalue weighted by molar-refractivity contribution is 0.136. The van der Waals surface area contributed by atoms with E-state index in [9.17, 15) is 5.11 Å². The second kappa shape index (κ2) is 8.90. The van der Waals surface area contributed by atoms with Crippen LogP contribution in [0.15, 0.2) is 63.0 Å². The molecule has 0 fully saturated rings. The molecule has 3 aromatic rings. The quantitative estimate of drug-likeness (QED) is 0.481. The topological polar surface area (TPSA) is 59.1 Å². The molecular formula is C22H20BrN3O2S. The standard InChI is InChI=1S/C22H20BrN3O2S/c1-2-28-11-10-26-21(27)20(29-22(26)25-17-6-4-3-5-7-17)12-15-14-24-19-9-8-16(23)13-18(15)19/h3-9,12-14,27H,2,10-11H2,1H3/b15-12+,25-22?. The summed E-state index contributed by atoms with van der Waals surface area (Å²) < 4.78 is 8.28. The van der Waals surface area contributed by atoms with Gasteiger partial charge in [-0.1, -0.05) is 45.5 Å². The van der Waals surface area contributed by atoms with Crippen molar-refractivity contribution >= 4 is 56.5 Å². The van der Waals surface area contributed by atoms with E-state index in [-0.39, 0.29) is 5.88 Å². The molecule has 4 rings (SSSR count). The van der Waals surface area contributed by atoms with Gasteiger partial charge in [0.25, 0.3) is 0 Å². The lowest BCUT2D eigenvalue weighted by atomic mass is 10.1. The fourth-order valence-electron chi connectivity index (χ4n) is 3.03. The second-order valence-electron chi connectivity index (χ2n) is 6.39. The largest absolute Gasteiger partial charge is 0.493 e. The SMILES string of the molecule is CCOCCn1c(O)c(/C=C2\C=Nc3ccc(Br)cc32)sc1=Nc1ccccc1. The van der Waals surface area contributed by atoms with E-state index in [2.05, 4.69) is 20.9 Å². The smallest absolute Gasteiger partial charge is 0.211 e. The minimum absolute atomic E-state index is 0.189. The van der Waals surface area contributed by atoms with Gasteiger partial charge in [-0.2, -0.15) is 0 Å². The molecule has 0 atom stereocenters. The second-order valence-corrected chi connectivity index (χ2v) is 8.31. The van der Waals surface area contributed by atoms with Crippen LogP contribution in [-0.2, 0) is 11.3 Å². The third-order valence-electron chi connectivity index (χ3n) is 4.45. The highest BCUT2D eigenvalue weighted by molar-refractivity contribution is 9.10. The molecule has 0 bridgehead atoms. The van der Waals surface area contributed by atoms with E-state index in [1.165, 1.54) is 11.3 Å². The van der Waals surface area contributed by atoms with Gasteiger partial charge in [-0.05, 0) is 43.3 Å². The van der Waals surface area contributed by atoms with Crippen LogP contribution < -0.4 is 4.80 Å². The van der Waals surface area contributed by atoms with Crippen LogP contribution >= 0.6 is 27.3 Å². The Bertz CT molecular complexity index is 1150. The van der Waals surface area contributed by atoms with Gasteiger partial charge in [-0.25, -0.2) is 4.99 Å². The Labute approximate surface area is 181 Å². The van der Waals surface area contributed by atoms with E-state index in [0.717, 1.165) is 36.7 Å². The van der Waals surface area contributed by atoms with Gasteiger partial charge >= 0.3 is 0 Å². The molecule has 0 amide bonds. The zero-order chi connectivity index (χ0) is 20.2. The van der Waals surface area contributed by atoms with Gasteiger partial charge < -0.3 is 9.84 Å². The number of hydrogen-bond acceptors (Lipinski definition) is 5. The summed E-state index contributed by atoms with van der Waals surface area (Å²) >= 11 is 4.96. The van der Waals surface area contributed by atoms with Crippen molar-refractivity contribution in [3.63, 3.8) is 0 Å². The third kappa shape index (κ3) is 4.42. The van der Waals surface area contributed by atoms with Crippen LogP contribution in [-0.4, -0.2) is 29.1 Å². The highest BCUT2D eigenvalue weighted by Crippen LogP contribution is 2.36. The summed E-state index contributed by atoms with van der Waals surface area (Å²) in [5.41, 5.74) is 3.76. The molecule has 0 aliphatic carbocycles. The van der Waals surface area contributed by atoms with Crippen molar-refractivity contribution < 1.29 is 9.84 Å². The Kier molecular flexibility index (Phi) is 6.08. The Balaban J connectivity index is 1.78. The number of thiazole rings is 1. The third-order valence-corrected chi connectivity index (χ3v) is 5.96. The average molecular weight is 470 g/mol. The van der Waals surface area contributed by atoms with Crippen molar-refractivity contribution in [1.82, 2.24) is 4.57 Å². The van der Waals surface area contributed by atoms with Gasteiger partial charge in [0.2, 0.25) is 5.88 Å². The molecule has 0 unspecified atom stereocenters. The van der Waals surface area contributed by atoms with Crippen LogP contribution in [0.5, 0.6) is 5.88 Å². The number of ether oxygens (including phenoxy) is 1. The molecule has 7 heteroatoms. The summed E-state index contributed by atoms with van der Waals surface area (Å²) in [7, 11) is 0. The highest BCUT2D eigenvalue weighted by atomic mass is 79.9. The first kappa shape index (κ1) is 19.8. The fourth-order valence-corrected chi connectivity index (χ4v) is 4.42. The predicted molar refractivity (Wildman–Crippen MR) is 122 cm³/mol. The maximum Gasteiger partial charge on any atom is 0.211 e. The number of hydrogen-bond donors (Lipinski definition) is 1. The molecule has 2 aromatic carbocycles. The van der Waals surface area contributed by atoms with E-state index in [1.807, 2.05) is 67.7 Å². The van der Waals surface area contributed by atoms with Gasteiger partial charge in [0.1, 0.15) is 0 Å². The van der Waals surface area contributed by atoms with Gasteiger partial charge in [-0.3, -0.25) is 9.56 Å². The highest BCUT2D eigenvalue weighted by Gasteiger charge is 2.16. The number of aliphatic imine (C=N–C) groups is 1. The van der Waals surface area contributed by atoms with Crippen LogP contribution in [0, 0.1) is 0 Å². The molecule has 29 heavy (non-hydrogen) atoms. The Morgan fingerprint density at radius 1 is 1.24 bits per heavy atom.